The lowest BCUT2D eigenvalue weighted by atomic mass is 10.0. The molecule has 4 nitrogen and oxygen atoms in total. The first-order chi connectivity index (χ1) is 8.95. The Kier molecular flexibility index (Phi) is 3.53. The molecule has 0 fully saturated rings. The van der Waals surface area contributed by atoms with Crippen molar-refractivity contribution >= 4 is 11.6 Å². The van der Waals surface area contributed by atoms with E-state index in [2.05, 4.69) is 0 Å². The van der Waals surface area contributed by atoms with E-state index in [1.807, 2.05) is 6.92 Å². The molecule has 0 unspecified atom stereocenters. The third-order valence-electron chi connectivity index (χ3n) is 2.91. The van der Waals surface area contributed by atoms with Crippen LogP contribution >= 0.6 is 11.6 Å². The second-order valence-corrected chi connectivity index (χ2v) is 4.54. The Morgan fingerprint density at radius 3 is 2.58 bits per heavy atom. The van der Waals surface area contributed by atoms with Crippen molar-refractivity contribution in [3.8, 4) is 22.6 Å². The van der Waals surface area contributed by atoms with Gasteiger partial charge in [0.05, 0.1) is 7.11 Å². The fourth-order valence-corrected chi connectivity index (χ4v) is 2.02. The summed E-state index contributed by atoms with van der Waals surface area (Å²) in [6, 6.07) is 5.16. The number of halogens is 1. The monoisotopic (exact) mass is 280 g/mol. The lowest BCUT2D eigenvalue weighted by molar-refractivity contribution is 0.414. The van der Waals surface area contributed by atoms with E-state index in [0.717, 1.165) is 5.56 Å². The highest BCUT2D eigenvalue weighted by molar-refractivity contribution is 6.33. The number of methoxy groups -OCH3 is 1. The summed E-state index contributed by atoms with van der Waals surface area (Å²) in [5.41, 5.74) is 0.791. The van der Waals surface area contributed by atoms with Crippen LogP contribution in [-0.4, -0.2) is 12.2 Å². The second kappa shape index (κ2) is 4.97. The van der Waals surface area contributed by atoms with Gasteiger partial charge >= 0.3 is 5.63 Å². The summed E-state index contributed by atoms with van der Waals surface area (Å²) in [6.45, 7) is 3.33. The summed E-state index contributed by atoms with van der Waals surface area (Å²) in [4.78, 5) is 11.9. The van der Waals surface area contributed by atoms with E-state index < -0.39 is 5.63 Å². The van der Waals surface area contributed by atoms with Gasteiger partial charge in [0.1, 0.15) is 22.1 Å². The lowest BCUT2D eigenvalue weighted by Gasteiger charge is -2.10. The molecule has 1 N–H and O–H groups in total. The highest BCUT2D eigenvalue weighted by Gasteiger charge is 2.19. The van der Waals surface area contributed by atoms with Crippen LogP contribution in [0, 0.1) is 13.8 Å². The molecule has 0 saturated heterocycles. The van der Waals surface area contributed by atoms with Crippen LogP contribution in [0.4, 0.5) is 0 Å². The molecule has 1 heterocycles. The van der Waals surface area contributed by atoms with Gasteiger partial charge in [0.15, 0.2) is 5.75 Å². The van der Waals surface area contributed by atoms with Gasteiger partial charge in [-0.1, -0.05) is 17.7 Å². The van der Waals surface area contributed by atoms with Crippen molar-refractivity contribution in [3.63, 3.8) is 0 Å². The minimum absolute atomic E-state index is 0.0461. The molecule has 2 aromatic rings. The van der Waals surface area contributed by atoms with Gasteiger partial charge in [-0.3, -0.25) is 0 Å². The number of benzene rings is 1. The van der Waals surface area contributed by atoms with Gasteiger partial charge in [0.25, 0.3) is 0 Å². The number of aryl methyl sites for hydroxylation is 2. The van der Waals surface area contributed by atoms with Crippen molar-refractivity contribution < 1.29 is 14.3 Å². The Hall–Kier alpha value is -1.94. The maximum atomic E-state index is 11.9. The molecule has 2 rings (SSSR count). The van der Waals surface area contributed by atoms with Gasteiger partial charge < -0.3 is 14.3 Å². The van der Waals surface area contributed by atoms with E-state index in [4.69, 9.17) is 20.8 Å². The van der Waals surface area contributed by atoms with E-state index >= 15 is 0 Å². The topological polar surface area (TPSA) is 59.7 Å². The van der Waals surface area contributed by atoms with Crippen LogP contribution in [0.2, 0.25) is 5.02 Å². The summed E-state index contributed by atoms with van der Waals surface area (Å²) < 4.78 is 10.1. The van der Waals surface area contributed by atoms with Crippen LogP contribution < -0.4 is 10.4 Å². The summed E-state index contributed by atoms with van der Waals surface area (Å²) in [5.74, 6) is 0.603. The average Bonchev–Trinajstić information content (AvgIpc) is 2.38. The highest BCUT2D eigenvalue weighted by atomic mass is 35.5. The van der Waals surface area contributed by atoms with Gasteiger partial charge in [0, 0.05) is 0 Å². The van der Waals surface area contributed by atoms with Crippen LogP contribution in [-0.2, 0) is 0 Å². The quantitative estimate of drug-likeness (QED) is 0.917. The molecule has 0 aliphatic heterocycles. The van der Waals surface area contributed by atoms with Crippen LogP contribution in [0.5, 0.6) is 11.5 Å². The number of ether oxygens (including phenoxy) is 1. The standard InChI is InChI=1S/C14H13ClO4/c1-7-6-9(18-3)4-5-10(7)11-13(16)12(15)8(2)19-14(11)17/h4-6,16H,1-3H3. The normalized spacial score (nSPS) is 10.5. The molecule has 19 heavy (non-hydrogen) atoms. The molecular weight excluding hydrogens is 268 g/mol. The van der Waals surface area contributed by atoms with E-state index in [9.17, 15) is 9.90 Å². The fourth-order valence-electron chi connectivity index (χ4n) is 1.89. The minimum Gasteiger partial charge on any atom is -0.505 e. The molecule has 5 heteroatoms. The largest absolute Gasteiger partial charge is 0.505 e. The van der Waals surface area contributed by atoms with Gasteiger partial charge in [-0.15, -0.1) is 0 Å². The number of hydrogen-bond donors (Lipinski definition) is 1. The van der Waals surface area contributed by atoms with Gasteiger partial charge in [-0.05, 0) is 37.1 Å². The van der Waals surface area contributed by atoms with E-state index in [0.29, 0.717) is 11.3 Å². The summed E-state index contributed by atoms with van der Waals surface area (Å²) in [6.07, 6.45) is 0. The molecule has 0 radical (unpaired) electrons. The SMILES string of the molecule is COc1ccc(-c2c(O)c(Cl)c(C)oc2=O)c(C)c1. The number of rotatable bonds is 2. The average molecular weight is 281 g/mol. The van der Waals surface area contributed by atoms with Gasteiger partial charge in [0.2, 0.25) is 0 Å². The molecule has 0 bridgehead atoms. The van der Waals surface area contributed by atoms with E-state index in [1.165, 1.54) is 6.92 Å². The maximum absolute atomic E-state index is 11.9. The molecule has 1 aromatic heterocycles. The first kappa shape index (κ1) is 13.5. The molecule has 0 spiro atoms. The zero-order chi connectivity index (χ0) is 14.2. The van der Waals surface area contributed by atoms with Crippen LogP contribution in [0.1, 0.15) is 11.3 Å². The van der Waals surface area contributed by atoms with Crippen molar-refractivity contribution in [1.82, 2.24) is 0 Å². The molecule has 1 aromatic carbocycles. The molecule has 100 valence electrons. The Bertz CT molecular complexity index is 689. The summed E-state index contributed by atoms with van der Waals surface area (Å²) in [7, 11) is 1.56. The Morgan fingerprint density at radius 1 is 1.32 bits per heavy atom. The smallest absolute Gasteiger partial charge is 0.347 e. The molecule has 0 atom stereocenters. The van der Waals surface area contributed by atoms with Gasteiger partial charge in [-0.25, -0.2) is 4.79 Å². The van der Waals surface area contributed by atoms with Crippen molar-refractivity contribution in [2.24, 2.45) is 0 Å². The Balaban J connectivity index is 2.73. The molecule has 0 amide bonds. The molecular formula is C14H13ClO4. The first-order valence-electron chi connectivity index (χ1n) is 5.63. The third-order valence-corrected chi connectivity index (χ3v) is 3.35. The van der Waals surface area contributed by atoms with Crippen molar-refractivity contribution in [2.75, 3.05) is 7.11 Å². The van der Waals surface area contributed by atoms with Gasteiger partial charge in [-0.2, -0.15) is 0 Å². The zero-order valence-corrected chi connectivity index (χ0v) is 11.5. The van der Waals surface area contributed by atoms with Crippen molar-refractivity contribution in [3.05, 3.63) is 45.0 Å². The van der Waals surface area contributed by atoms with Crippen molar-refractivity contribution in [2.45, 2.75) is 13.8 Å². The summed E-state index contributed by atoms with van der Waals surface area (Å²) in [5, 5.41) is 10.1. The van der Waals surface area contributed by atoms with Crippen LogP contribution in [0.3, 0.4) is 0 Å². The van der Waals surface area contributed by atoms with Crippen LogP contribution in [0.15, 0.2) is 27.4 Å². The fraction of sp³-hybridized carbons (Fsp3) is 0.214. The number of aromatic hydroxyl groups is 1. The number of hydrogen-bond acceptors (Lipinski definition) is 4. The molecule has 0 saturated carbocycles. The molecule has 0 aliphatic carbocycles. The van der Waals surface area contributed by atoms with Crippen molar-refractivity contribution in [1.29, 1.82) is 0 Å². The van der Waals surface area contributed by atoms with E-state index in [1.54, 1.807) is 25.3 Å². The predicted molar refractivity (Wildman–Crippen MR) is 73.1 cm³/mol. The van der Waals surface area contributed by atoms with E-state index in [-0.39, 0.29) is 22.1 Å². The predicted octanol–water partition coefficient (Wildman–Crippen LogP) is 3.29. The maximum Gasteiger partial charge on any atom is 0.347 e. The Morgan fingerprint density at radius 2 is 2.00 bits per heavy atom. The zero-order valence-electron chi connectivity index (χ0n) is 10.8. The first-order valence-corrected chi connectivity index (χ1v) is 6.00. The third kappa shape index (κ3) is 2.31. The minimum atomic E-state index is -0.618. The summed E-state index contributed by atoms with van der Waals surface area (Å²) >= 11 is 5.91. The molecule has 0 aliphatic rings. The highest BCUT2D eigenvalue weighted by Crippen LogP contribution is 2.36. The van der Waals surface area contributed by atoms with Crippen LogP contribution in [0.25, 0.3) is 11.1 Å². The Labute approximate surface area is 115 Å². The lowest BCUT2D eigenvalue weighted by Crippen LogP contribution is -2.06. The second-order valence-electron chi connectivity index (χ2n) is 4.16.